The lowest BCUT2D eigenvalue weighted by Crippen LogP contribution is -1.96. The van der Waals surface area contributed by atoms with Crippen LogP contribution in [0, 0.1) is 0 Å². The second-order valence-corrected chi connectivity index (χ2v) is 13.0. The van der Waals surface area contributed by atoms with Crippen molar-refractivity contribution in [2.45, 2.75) is 0 Å². The standard InChI is InChI=1S/C48H30N2O/c1-3-13-32(14-4-1)44-30-45(50-48(49-44)33-15-5-2-6-16-33)38-19-11-18-37(27-38)42-29-43-40-25-24-36(35-23-22-31-12-7-8-17-34(31)26-35)28-46(40)51-47(43)41-21-10-9-20-39(41)42/h1-30H. The van der Waals surface area contributed by atoms with Crippen LogP contribution in [0.2, 0.25) is 0 Å². The fourth-order valence-corrected chi connectivity index (χ4v) is 7.30. The van der Waals surface area contributed by atoms with E-state index in [4.69, 9.17) is 14.4 Å². The third kappa shape index (κ3) is 5.15. The largest absolute Gasteiger partial charge is 0.455 e. The number of hydrogen-bond acceptors (Lipinski definition) is 3. The Labute approximate surface area is 295 Å². The highest BCUT2D eigenvalue weighted by molar-refractivity contribution is 6.19. The SMILES string of the molecule is c1ccc(-c2cc(-c3cccc(-c4cc5c6ccc(-c7ccc8ccccc8c7)cc6oc5c5ccccc45)c3)nc(-c3ccccc3)n2)cc1. The molecule has 3 heteroatoms. The summed E-state index contributed by atoms with van der Waals surface area (Å²) in [5, 5.41) is 6.92. The Kier molecular flexibility index (Phi) is 6.81. The summed E-state index contributed by atoms with van der Waals surface area (Å²) in [5.74, 6) is 0.706. The van der Waals surface area contributed by atoms with Gasteiger partial charge in [-0.25, -0.2) is 9.97 Å². The zero-order valence-electron chi connectivity index (χ0n) is 27.6. The maximum absolute atomic E-state index is 6.69. The molecule has 0 bridgehead atoms. The molecule has 0 atom stereocenters. The normalized spacial score (nSPS) is 11.5. The molecule has 0 aliphatic rings. The molecular weight excluding hydrogens is 621 g/mol. The van der Waals surface area contributed by atoms with Crippen molar-refractivity contribution < 1.29 is 4.42 Å². The number of aromatic nitrogens is 2. The topological polar surface area (TPSA) is 38.9 Å². The van der Waals surface area contributed by atoms with Crippen molar-refractivity contribution in [2.75, 3.05) is 0 Å². The smallest absolute Gasteiger partial charge is 0.160 e. The van der Waals surface area contributed by atoms with Crippen LogP contribution >= 0.6 is 0 Å². The lowest BCUT2D eigenvalue weighted by molar-refractivity contribution is 0.673. The summed E-state index contributed by atoms with van der Waals surface area (Å²) in [7, 11) is 0. The molecule has 2 aromatic heterocycles. The van der Waals surface area contributed by atoms with E-state index in [1.54, 1.807) is 0 Å². The number of benzene rings is 8. The minimum atomic E-state index is 0.706. The molecule has 10 aromatic rings. The van der Waals surface area contributed by atoms with E-state index in [-0.39, 0.29) is 0 Å². The number of hydrogen-bond donors (Lipinski definition) is 0. The van der Waals surface area contributed by atoms with Crippen LogP contribution in [-0.2, 0) is 0 Å². The van der Waals surface area contributed by atoms with Crippen LogP contribution in [0.4, 0.5) is 0 Å². The van der Waals surface area contributed by atoms with Gasteiger partial charge in [-0.05, 0) is 74.8 Å². The van der Waals surface area contributed by atoms with Crippen LogP contribution < -0.4 is 0 Å². The highest BCUT2D eigenvalue weighted by Gasteiger charge is 2.17. The highest BCUT2D eigenvalue weighted by atomic mass is 16.3. The second-order valence-electron chi connectivity index (χ2n) is 13.0. The molecular formula is C48H30N2O. The molecule has 0 spiro atoms. The second kappa shape index (κ2) is 11.9. The monoisotopic (exact) mass is 650 g/mol. The van der Waals surface area contributed by atoms with Crippen molar-refractivity contribution in [2.24, 2.45) is 0 Å². The minimum Gasteiger partial charge on any atom is -0.455 e. The minimum absolute atomic E-state index is 0.706. The lowest BCUT2D eigenvalue weighted by atomic mass is 9.93. The van der Waals surface area contributed by atoms with Gasteiger partial charge in [0.15, 0.2) is 5.82 Å². The predicted molar refractivity (Wildman–Crippen MR) is 212 cm³/mol. The average molecular weight is 651 g/mol. The lowest BCUT2D eigenvalue weighted by Gasteiger charge is -2.12. The molecule has 0 aliphatic carbocycles. The summed E-state index contributed by atoms with van der Waals surface area (Å²) < 4.78 is 6.69. The van der Waals surface area contributed by atoms with E-state index in [1.807, 2.05) is 36.4 Å². The van der Waals surface area contributed by atoms with Gasteiger partial charge in [0.2, 0.25) is 0 Å². The molecule has 0 N–H and O–H groups in total. The van der Waals surface area contributed by atoms with Gasteiger partial charge in [-0.15, -0.1) is 0 Å². The van der Waals surface area contributed by atoms with Gasteiger partial charge >= 0.3 is 0 Å². The molecule has 0 fully saturated rings. The molecule has 2 heterocycles. The average Bonchev–Trinajstić information content (AvgIpc) is 3.59. The molecule has 10 rings (SSSR count). The summed E-state index contributed by atoms with van der Waals surface area (Å²) in [6, 6.07) is 63.9. The van der Waals surface area contributed by atoms with Crippen LogP contribution in [0.1, 0.15) is 0 Å². The van der Waals surface area contributed by atoms with Crippen molar-refractivity contribution in [3.8, 4) is 56.2 Å². The zero-order chi connectivity index (χ0) is 33.7. The Morgan fingerprint density at radius 2 is 0.961 bits per heavy atom. The molecule has 51 heavy (non-hydrogen) atoms. The third-order valence-electron chi connectivity index (χ3n) is 9.86. The summed E-state index contributed by atoms with van der Waals surface area (Å²) in [4.78, 5) is 10.1. The van der Waals surface area contributed by atoms with E-state index < -0.39 is 0 Å². The summed E-state index contributed by atoms with van der Waals surface area (Å²) in [6.07, 6.45) is 0. The van der Waals surface area contributed by atoms with Gasteiger partial charge < -0.3 is 4.42 Å². The first-order chi connectivity index (χ1) is 25.2. The molecule has 0 saturated carbocycles. The molecule has 0 saturated heterocycles. The number of nitrogens with zero attached hydrogens (tertiary/aromatic N) is 2. The zero-order valence-corrected chi connectivity index (χ0v) is 27.6. The Morgan fingerprint density at radius 1 is 0.333 bits per heavy atom. The van der Waals surface area contributed by atoms with Gasteiger partial charge in [0.1, 0.15) is 11.2 Å². The first-order valence-electron chi connectivity index (χ1n) is 17.2. The van der Waals surface area contributed by atoms with Gasteiger partial charge in [-0.2, -0.15) is 0 Å². The van der Waals surface area contributed by atoms with E-state index in [0.29, 0.717) is 5.82 Å². The van der Waals surface area contributed by atoms with Gasteiger partial charge in [0, 0.05) is 32.8 Å². The van der Waals surface area contributed by atoms with E-state index in [9.17, 15) is 0 Å². The molecule has 0 radical (unpaired) electrons. The maximum Gasteiger partial charge on any atom is 0.160 e. The molecule has 8 aromatic carbocycles. The van der Waals surface area contributed by atoms with Gasteiger partial charge in [-0.3, -0.25) is 0 Å². The number of fused-ring (bicyclic) bond motifs is 6. The fourth-order valence-electron chi connectivity index (χ4n) is 7.30. The Bertz CT molecular complexity index is 2850. The molecule has 0 amide bonds. The molecule has 0 unspecified atom stereocenters. The van der Waals surface area contributed by atoms with Crippen molar-refractivity contribution in [3.63, 3.8) is 0 Å². The molecule has 3 nitrogen and oxygen atoms in total. The van der Waals surface area contributed by atoms with E-state index >= 15 is 0 Å². The quantitative estimate of drug-likeness (QED) is 0.186. The van der Waals surface area contributed by atoms with Gasteiger partial charge in [0.05, 0.1) is 11.4 Å². The van der Waals surface area contributed by atoms with E-state index in [1.165, 1.54) is 16.3 Å². The van der Waals surface area contributed by atoms with Crippen molar-refractivity contribution in [1.82, 2.24) is 9.97 Å². The number of furan rings is 1. The predicted octanol–water partition coefficient (Wildman–Crippen LogP) is 13.0. The third-order valence-corrected chi connectivity index (χ3v) is 9.86. The Morgan fingerprint density at radius 3 is 1.78 bits per heavy atom. The summed E-state index contributed by atoms with van der Waals surface area (Å²) in [6.45, 7) is 0. The van der Waals surface area contributed by atoms with Crippen LogP contribution in [0.5, 0.6) is 0 Å². The fraction of sp³-hybridized carbons (Fsp3) is 0. The van der Waals surface area contributed by atoms with Crippen LogP contribution in [-0.4, -0.2) is 9.97 Å². The highest BCUT2D eigenvalue weighted by Crippen LogP contribution is 2.41. The van der Waals surface area contributed by atoms with E-state index in [2.05, 4.69) is 146 Å². The Hall–Kier alpha value is -6.84. The van der Waals surface area contributed by atoms with Crippen molar-refractivity contribution in [1.29, 1.82) is 0 Å². The van der Waals surface area contributed by atoms with Crippen molar-refractivity contribution in [3.05, 3.63) is 182 Å². The van der Waals surface area contributed by atoms with Crippen LogP contribution in [0.15, 0.2) is 186 Å². The van der Waals surface area contributed by atoms with Crippen LogP contribution in [0.25, 0.3) is 99.6 Å². The van der Waals surface area contributed by atoms with Crippen LogP contribution in [0.3, 0.4) is 0 Å². The first-order valence-corrected chi connectivity index (χ1v) is 17.2. The molecule has 238 valence electrons. The number of rotatable bonds is 5. The molecule has 0 aliphatic heterocycles. The van der Waals surface area contributed by atoms with E-state index in [0.717, 1.165) is 77.5 Å². The maximum atomic E-state index is 6.69. The first kappa shape index (κ1) is 29.1. The van der Waals surface area contributed by atoms with Crippen molar-refractivity contribution >= 4 is 43.5 Å². The van der Waals surface area contributed by atoms with Gasteiger partial charge in [0.25, 0.3) is 0 Å². The van der Waals surface area contributed by atoms with Gasteiger partial charge in [-0.1, -0.05) is 146 Å². The summed E-state index contributed by atoms with van der Waals surface area (Å²) >= 11 is 0. The summed E-state index contributed by atoms with van der Waals surface area (Å²) in [5.41, 5.74) is 11.2. The Balaban J connectivity index is 1.12.